The second-order valence-corrected chi connectivity index (χ2v) is 10.2. The average molecular weight is 570 g/mol. The molecule has 0 radical (unpaired) electrons. The third-order valence-corrected chi connectivity index (χ3v) is 7.01. The van der Waals surface area contributed by atoms with E-state index in [9.17, 15) is 27.9 Å². The Morgan fingerprint density at radius 1 is 1.10 bits per heavy atom. The molecule has 39 heavy (non-hydrogen) atoms. The van der Waals surface area contributed by atoms with Crippen LogP contribution in [0.25, 0.3) is 0 Å². The summed E-state index contributed by atoms with van der Waals surface area (Å²) in [5, 5.41) is 12.7. The SMILES string of the molecule is CC(F)(F)F.CCNC(=O)c1cnc(N2CCN(C3CCN(C(=O)c4ccc(O)cc4)CC3)C(C)C2)c(Cl)c1. The summed E-state index contributed by atoms with van der Waals surface area (Å²) in [6.45, 7) is 8.81. The molecule has 2 fully saturated rings. The third kappa shape index (κ3) is 8.72. The number of anilines is 1. The summed E-state index contributed by atoms with van der Waals surface area (Å²) in [7, 11) is 0. The standard InChI is InChI=1S/C25H32ClN5O3.C2H3F3/c1-3-27-24(33)19-14-22(26)23(28-15-19)30-12-13-31(17(2)16-30)20-8-10-29(11-9-20)25(34)18-4-6-21(32)7-5-18;1-2(3,4)5/h4-7,14-15,17,20,32H,3,8-13,16H2,1-2H3,(H,27,33);1H3. The number of benzene rings is 1. The maximum absolute atomic E-state index is 12.8. The fourth-order valence-corrected chi connectivity index (χ4v) is 5.23. The fraction of sp³-hybridized carbons (Fsp3) is 0.519. The van der Waals surface area contributed by atoms with Crippen LogP contribution in [-0.4, -0.2) is 89.2 Å². The van der Waals surface area contributed by atoms with Crippen LogP contribution in [0.3, 0.4) is 0 Å². The van der Waals surface area contributed by atoms with E-state index in [-0.39, 0.29) is 24.5 Å². The molecule has 2 aliphatic rings. The fourth-order valence-electron chi connectivity index (χ4n) is 4.94. The zero-order chi connectivity index (χ0) is 28.7. The number of phenols is 1. The first-order valence-electron chi connectivity index (χ1n) is 13.0. The highest BCUT2D eigenvalue weighted by molar-refractivity contribution is 6.33. The third-order valence-electron chi connectivity index (χ3n) is 6.73. The van der Waals surface area contributed by atoms with Crippen LogP contribution >= 0.6 is 11.6 Å². The Morgan fingerprint density at radius 2 is 1.72 bits per heavy atom. The van der Waals surface area contributed by atoms with Gasteiger partial charge in [-0.2, -0.15) is 13.2 Å². The van der Waals surface area contributed by atoms with Gasteiger partial charge in [0, 0.05) is 70.0 Å². The molecule has 12 heteroatoms. The van der Waals surface area contributed by atoms with Crippen LogP contribution in [0.4, 0.5) is 19.0 Å². The van der Waals surface area contributed by atoms with Crippen LogP contribution in [0.5, 0.6) is 5.75 Å². The number of carbonyl (C=O) groups excluding carboxylic acids is 2. The first-order chi connectivity index (χ1) is 18.4. The molecule has 214 valence electrons. The van der Waals surface area contributed by atoms with Gasteiger partial charge >= 0.3 is 6.18 Å². The number of piperazine rings is 1. The van der Waals surface area contributed by atoms with Crippen molar-refractivity contribution in [2.75, 3.05) is 44.2 Å². The number of carbonyl (C=O) groups is 2. The van der Waals surface area contributed by atoms with Gasteiger partial charge in [0.25, 0.3) is 11.8 Å². The van der Waals surface area contributed by atoms with Crippen molar-refractivity contribution >= 4 is 29.2 Å². The molecule has 1 aromatic heterocycles. The van der Waals surface area contributed by atoms with Crippen LogP contribution in [-0.2, 0) is 0 Å². The van der Waals surface area contributed by atoms with E-state index < -0.39 is 6.18 Å². The van der Waals surface area contributed by atoms with E-state index in [1.165, 1.54) is 0 Å². The predicted molar refractivity (Wildman–Crippen MR) is 144 cm³/mol. The number of phenolic OH excluding ortho intramolecular Hbond substituents is 1. The van der Waals surface area contributed by atoms with Crippen LogP contribution < -0.4 is 10.2 Å². The van der Waals surface area contributed by atoms with Crippen LogP contribution in [0.15, 0.2) is 36.5 Å². The molecule has 4 rings (SSSR count). The number of alkyl halides is 3. The number of pyridine rings is 1. The Hall–Kier alpha value is -3.05. The largest absolute Gasteiger partial charge is 0.508 e. The van der Waals surface area contributed by atoms with Crippen molar-refractivity contribution in [3.63, 3.8) is 0 Å². The Labute approximate surface area is 231 Å². The molecule has 3 heterocycles. The van der Waals surface area contributed by atoms with Gasteiger partial charge in [0.1, 0.15) is 11.6 Å². The highest BCUT2D eigenvalue weighted by Gasteiger charge is 2.33. The van der Waals surface area contributed by atoms with E-state index in [1.807, 2.05) is 11.8 Å². The van der Waals surface area contributed by atoms with Crippen molar-refractivity contribution in [2.45, 2.75) is 51.9 Å². The van der Waals surface area contributed by atoms with E-state index >= 15 is 0 Å². The monoisotopic (exact) mass is 569 g/mol. The van der Waals surface area contributed by atoms with Gasteiger partial charge in [-0.15, -0.1) is 0 Å². The number of aromatic nitrogens is 1. The number of amides is 2. The van der Waals surface area contributed by atoms with E-state index in [4.69, 9.17) is 11.6 Å². The topological polar surface area (TPSA) is 89.0 Å². The summed E-state index contributed by atoms with van der Waals surface area (Å²) in [5.74, 6) is 0.735. The maximum Gasteiger partial charge on any atom is 0.386 e. The normalized spacial score (nSPS) is 18.8. The summed E-state index contributed by atoms with van der Waals surface area (Å²) >= 11 is 6.50. The second-order valence-electron chi connectivity index (χ2n) is 9.77. The van der Waals surface area contributed by atoms with Gasteiger partial charge in [0.15, 0.2) is 0 Å². The van der Waals surface area contributed by atoms with Gasteiger partial charge < -0.3 is 20.2 Å². The molecule has 2 aliphatic heterocycles. The van der Waals surface area contributed by atoms with Gasteiger partial charge in [-0.1, -0.05) is 11.6 Å². The minimum absolute atomic E-state index is 0.0214. The minimum atomic E-state index is -4.00. The molecule has 1 aromatic carbocycles. The lowest BCUT2D eigenvalue weighted by atomic mass is 9.99. The maximum atomic E-state index is 12.8. The number of nitrogens with one attached hydrogen (secondary N) is 1. The number of hydrogen-bond donors (Lipinski definition) is 2. The highest BCUT2D eigenvalue weighted by atomic mass is 35.5. The Balaban J connectivity index is 0.000000771. The quantitative estimate of drug-likeness (QED) is 0.548. The van der Waals surface area contributed by atoms with Crippen molar-refractivity contribution in [1.29, 1.82) is 0 Å². The summed E-state index contributed by atoms with van der Waals surface area (Å²) in [6.07, 6.45) is -0.535. The Kier molecular flexibility index (Phi) is 10.4. The smallest absolute Gasteiger partial charge is 0.386 e. The van der Waals surface area contributed by atoms with Gasteiger partial charge in [-0.3, -0.25) is 14.5 Å². The summed E-state index contributed by atoms with van der Waals surface area (Å²) < 4.78 is 31.1. The number of halogens is 4. The lowest BCUT2D eigenvalue weighted by Gasteiger charge is -2.46. The summed E-state index contributed by atoms with van der Waals surface area (Å²) in [4.78, 5) is 35.9. The number of rotatable bonds is 5. The first-order valence-corrected chi connectivity index (χ1v) is 13.3. The molecule has 0 saturated carbocycles. The van der Waals surface area contributed by atoms with E-state index in [2.05, 4.69) is 27.0 Å². The molecule has 1 unspecified atom stereocenters. The molecule has 2 aromatic rings. The van der Waals surface area contributed by atoms with E-state index in [0.717, 1.165) is 51.4 Å². The molecule has 2 saturated heterocycles. The lowest BCUT2D eigenvalue weighted by molar-refractivity contribution is -0.110. The summed E-state index contributed by atoms with van der Waals surface area (Å²) in [6, 6.07) is 8.89. The number of likely N-dealkylation sites (tertiary alicyclic amines) is 1. The first kappa shape index (κ1) is 30.5. The second kappa shape index (κ2) is 13.3. The van der Waals surface area contributed by atoms with Crippen LogP contribution in [0.2, 0.25) is 5.02 Å². The van der Waals surface area contributed by atoms with Gasteiger partial charge in [0.2, 0.25) is 0 Å². The zero-order valence-corrected chi connectivity index (χ0v) is 23.1. The Morgan fingerprint density at radius 3 is 2.26 bits per heavy atom. The number of nitrogens with zero attached hydrogens (tertiary/aromatic N) is 4. The van der Waals surface area contributed by atoms with Crippen molar-refractivity contribution in [1.82, 2.24) is 20.1 Å². The minimum Gasteiger partial charge on any atom is -0.508 e. The number of piperidine rings is 1. The van der Waals surface area contributed by atoms with Crippen LogP contribution in [0, 0.1) is 0 Å². The van der Waals surface area contributed by atoms with Crippen molar-refractivity contribution in [3.8, 4) is 5.75 Å². The predicted octanol–water partition coefficient (Wildman–Crippen LogP) is 4.57. The zero-order valence-electron chi connectivity index (χ0n) is 22.3. The van der Waals surface area contributed by atoms with Gasteiger partial charge in [0.05, 0.1) is 10.6 Å². The summed E-state index contributed by atoms with van der Waals surface area (Å²) in [5.41, 5.74) is 1.08. The van der Waals surface area contributed by atoms with E-state index in [0.29, 0.717) is 34.8 Å². The number of hydrogen-bond acceptors (Lipinski definition) is 6. The Bertz CT molecular complexity index is 1120. The molecule has 0 aliphatic carbocycles. The average Bonchev–Trinajstić information content (AvgIpc) is 2.88. The molecule has 0 spiro atoms. The molecule has 0 bridgehead atoms. The molecule has 2 amide bonds. The molecular formula is C27H35ClF3N5O3. The van der Waals surface area contributed by atoms with Crippen molar-refractivity contribution < 1.29 is 27.9 Å². The molecule has 1 atom stereocenters. The number of aromatic hydroxyl groups is 1. The lowest BCUT2D eigenvalue weighted by Crippen LogP contribution is -2.58. The highest BCUT2D eigenvalue weighted by Crippen LogP contribution is 2.29. The van der Waals surface area contributed by atoms with Gasteiger partial charge in [-0.25, -0.2) is 4.98 Å². The molecule has 2 N–H and O–H groups in total. The molecular weight excluding hydrogens is 535 g/mol. The van der Waals surface area contributed by atoms with Gasteiger partial charge in [-0.05, 0) is 57.0 Å². The van der Waals surface area contributed by atoms with E-state index in [1.54, 1.807) is 36.5 Å². The molecule has 8 nitrogen and oxygen atoms in total. The van der Waals surface area contributed by atoms with Crippen molar-refractivity contribution in [3.05, 3.63) is 52.7 Å². The van der Waals surface area contributed by atoms with Crippen molar-refractivity contribution in [2.24, 2.45) is 0 Å². The van der Waals surface area contributed by atoms with Crippen LogP contribution in [0.1, 0.15) is 54.3 Å².